The zero-order valence-corrected chi connectivity index (χ0v) is 13.1. The Bertz CT molecular complexity index is 707. The number of halogens is 1. The van der Waals surface area contributed by atoms with Gasteiger partial charge in [0, 0.05) is 28.8 Å². The van der Waals surface area contributed by atoms with Gasteiger partial charge in [0.2, 0.25) is 0 Å². The third-order valence-corrected chi connectivity index (χ3v) is 2.46. The van der Waals surface area contributed by atoms with Gasteiger partial charge < -0.3 is 12.4 Å². The average Bonchev–Trinajstić information content (AvgIpc) is 2.46. The second-order valence-electron chi connectivity index (χ2n) is 3.76. The van der Waals surface area contributed by atoms with E-state index >= 15 is 0 Å². The first-order valence-electron chi connectivity index (χ1n) is 5.48. The second kappa shape index (κ2) is 8.93. The first-order chi connectivity index (χ1) is 9.19. The summed E-state index contributed by atoms with van der Waals surface area (Å²) in [4.78, 5) is 10.1. The molecule has 0 aromatic heterocycles. The molecule has 0 N–H and O–H groups in total. The minimum Gasteiger partial charge on any atom is -1.00 e. The maximum atomic E-state index is 10.5. The van der Waals surface area contributed by atoms with Crippen molar-refractivity contribution in [3.05, 3.63) is 81.8 Å². The summed E-state index contributed by atoms with van der Waals surface area (Å²) < 4.78 is 0. The van der Waals surface area contributed by atoms with Crippen molar-refractivity contribution in [3.8, 4) is 17.8 Å². The molecular formula is C16H8ClNO2Ru. The minimum absolute atomic E-state index is 0. The van der Waals surface area contributed by atoms with E-state index < -0.39 is 4.92 Å². The molecule has 2 aromatic carbocycles. The van der Waals surface area contributed by atoms with E-state index in [1.807, 2.05) is 0 Å². The van der Waals surface area contributed by atoms with Gasteiger partial charge >= 0.3 is 19.5 Å². The van der Waals surface area contributed by atoms with Crippen LogP contribution in [0.25, 0.3) is 0 Å². The molecule has 0 amide bonds. The predicted octanol–water partition coefficient (Wildman–Crippen LogP) is -0.0660. The number of non-ortho nitro benzene ring substituents is 1. The molecule has 0 aliphatic carbocycles. The summed E-state index contributed by atoms with van der Waals surface area (Å²) in [5.41, 5.74) is 2.28. The van der Waals surface area contributed by atoms with Crippen LogP contribution in [0.3, 0.4) is 0 Å². The summed E-state index contributed by atoms with van der Waals surface area (Å²) in [6.07, 6.45) is 6.96. The number of hydrogen-bond donors (Lipinski definition) is 0. The van der Waals surface area contributed by atoms with Gasteiger partial charge in [0.25, 0.3) is 5.69 Å². The van der Waals surface area contributed by atoms with Crippen LogP contribution >= 0.6 is 0 Å². The van der Waals surface area contributed by atoms with Crippen LogP contribution in [0.5, 0.6) is 0 Å². The molecule has 0 bridgehead atoms. The van der Waals surface area contributed by atoms with Crippen LogP contribution in [0.15, 0.2) is 48.5 Å². The molecule has 0 unspecified atom stereocenters. The standard InChI is InChI=1S/C16H8NO2.ClH.Ru/c1-2-13-3-5-14(6-4-13)7-8-15-9-11-16(12-10-15)17(18)19;;/h3-6,9-12H;1H;/q;;+1/p-1. The molecule has 2 radical (unpaired) electrons. The fourth-order valence-corrected chi connectivity index (χ4v) is 1.45. The van der Waals surface area contributed by atoms with Crippen LogP contribution < -0.4 is 12.4 Å². The average molecular weight is 383 g/mol. The number of hydrogen-bond acceptors (Lipinski definition) is 2. The normalized spacial score (nSPS) is 8.14. The van der Waals surface area contributed by atoms with Crippen molar-refractivity contribution in [1.82, 2.24) is 0 Å². The summed E-state index contributed by atoms with van der Waals surface area (Å²) in [5.74, 6) is 8.16. The van der Waals surface area contributed by atoms with Crippen LogP contribution in [-0.2, 0) is 19.5 Å². The zero-order chi connectivity index (χ0) is 13.7. The van der Waals surface area contributed by atoms with E-state index in [0.29, 0.717) is 11.1 Å². The quantitative estimate of drug-likeness (QED) is 0.300. The first-order valence-corrected chi connectivity index (χ1v) is 5.48. The van der Waals surface area contributed by atoms with E-state index in [4.69, 9.17) is 6.42 Å². The Hall–Kier alpha value is -2.13. The molecule has 0 spiro atoms. The van der Waals surface area contributed by atoms with E-state index in [9.17, 15) is 10.1 Å². The molecule has 0 fully saturated rings. The summed E-state index contributed by atoms with van der Waals surface area (Å²) >= 11 is 0. The Balaban J connectivity index is 0.00000200. The fraction of sp³-hybridized carbons (Fsp3) is 0. The van der Waals surface area contributed by atoms with Gasteiger partial charge in [-0.05, 0) is 42.8 Å². The van der Waals surface area contributed by atoms with E-state index in [1.54, 1.807) is 36.4 Å². The van der Waals surface area contributed by atoms with E-state index in [2.05, 4.69) is 17.8 Å². The molecule has 0 aliphatic rings. The molecule has 0 aliphatic heterocycles. The molecule has 104 valence electrons. The van der Waals surface area contributed by atoms with Crippen LogP contribution in [0, 0.1) is 34.3 Å². The van der Waals surface area contributed by atoms with Crippen molar-refractivity contribution >= 4 is 5.69 Å². The molecule has 0 saturated heterocycles. The second-order valence-corrected chi connectivity index (χ2v) is 3.76. The van der Waals surface area contributed by atoms with Crippen molar-refractivity contribution in [2.24, 2.45) is 0 Å². The number of nitro benzene ring substituents is 1. The molecule has 2 rings (SSSR count). The fourth-order valence-electron chi connectivity index (χ4n) is 1.45. The van der Waals surface area contributed by atoms with Gasteiger partial charge in [0.05, 0.1) is 4.92 Å². The summed E-state index contributed by atoms with van der Waals surface area (Å²) in [7, 11) is 0. The summed E-state index contributed by atoms with van der Waals surface area (Å²) in [5, 5.41) is 10.5. The Labute approximate surface area is 142 Å². The number of rotatable bonds is 1. The predicted molar refractivity (Wildman–Crippen MR) is 71.8 cm³/mol. The first kappa shape index (κ1) is 18.9. The molecule has 21 heavy (non-hydrogen) atoms. The minimum atomic E-state index is -0.441. The smallest absolute Gasteiger partial charge is 1.00 e. The maximum Gasteiger partial charge on any atom is 1.00 e. The number of benzene rings is 2. The summed E-state index contributed by atoms with van der Waals surface area (Å²) in [6, 6.07) is 13.2. The molecule has 2 aromatic rings. The van der Waals surface area contributed by atoms with Gasteiger partial charge in [-0.15, -0.1) is 0 Å². The molecule has 0 saturated carbocycles. The third kappa shape index (κ3) is 5.40. The van der Waals surface area contributed by atoms with Gasteiger partial charge in [0.1, 0.15) is 0 Å². The largest absolute Gasteiger partial charge is 1.00 e. The van der Waals surface area contributed by atoms with Gasteiger partial charge in [-0.2, -0.15) is 0 Å². The zero-order valence-electron chi connectivity index (χ0n) is 10.6. The van der Waals surface area contributed by atoms with Crippen LogP contribution in [0.1, 0.15) is 16.7 Å². The topological polar surface area (TPSA) is 43.1 Å². The molecule has 5 heteroatoms. The van der Waals surface area contributed by atoms with Crippen LogP contribution in [-0.4, -0.2) is 4.92 Å². The summed E-state index contributed by atoms with van der Waals surface area (Å²) in [6.45, 7) is 0. The Morgan fingerprint density at radius 3 is 1.62 bits per heavy atom. The van der Waals surface area contributed by atoms with Crippen molar-refractivity contribution in [2.45, 2.75) is 0 Å². The SMILES string of the molecule is [C]#Cc1ccc(C#Cc2ccc([N+](=O)[O-])cc2)cc1.[Cl-].[Ru+]. The molecule has 0 atom stereocenters. The number of nitrogens with zero attached hydrogens (tertiary/aromatic N) is 1. The van der Waals surface area contributed by atoms with Gasteiger partial charge in [0.15, 0.2) is 0 Å². The monoisotopic (exact) mass is 383 g/mol. The van der Waals surface area contributed by atoms with Crippen molar-refractivity contribution < 1.29 is 36.8 Å². The third-order valence-electron chi connectivity index (χ3n) is 2.46. The Kier molecular flexibility index (Phi) is 8.02. The van der Waals surface area contributed by atoms with E-state index in [1.165, 1.54) is 12.1 Å². The van der Waals surface area contributed by atoms with Gasteiger partial charge in [-0.25, -0.2) is 0 Å². The maximum absolute atomic E-state index is 10.5. The van der Waals surface area contributed by atoms with E-state index in [0.717, 1.165) is 5.56 Å². The van der Waals surface area contributed by atoms with Crippen molar-refractivity contribution in [3.63, 3.8) is 0 Å². The molecular weight excluding hydrogens is 375 g/mol. The Morgan fingerprint density at radius 2 is 1.24 bits per heavy atom. The van der Waals surface area contributed by atoms with Crippen molar-refractivity contribution in [2.75, 3.05) is 0 Å². The van der Waals surface area contributed by atoms with Gasteiger partial charge in [-0.3, -0.25) is 10.1 Å². The Morgan fingerprint density at radius 1 is 0.857 bits per heavy atom. The van der Waals surface area contributed by atoms with E-state index in [-0.39, 0.29) is 37.6 Å². The van der Waals surface area contributed by atoms with Crippen LogP contribution in [0.2, 0.25) is 0 Å². The van der Waals surface area contributed by atoms with Crippen LogP contribution in [0.4, 0.5) is 5.69 Å². The number of nitro groups is 1. The molecule has 0 heterocycles. The van der Waals surface area contributed by atoms with Gasteiger partial charge in [-0.1, -0.05) is 17.8 Å². The molecule has 3 nitrogen and oxygen atoms in total. The van der Waals surface area contributed by atoms with Crippen molar-refractivity contribution in [1.29, 1.82) is 0 Å².